The number of aliphatic hydroxyl groups is 1. The molecule has 1 atom stereocenters. The second kappa shape index (κ2) is 9.30. The fraction of sp³-hybridized carbons (Fsp3) is 0.588. The van der Waals surface area contributed by atoms with Crippen molar-refractivity contribution in [2.75, 3.05) is 19.6 Å². The van der Waals surface area contributed by atoms with E-state index in [1.165, 1.54) is 25.7 Å². The van der Waals surface area contributed by atoms with Crippen LogP contribution in [-0.4, -0.2) is 30.7 Å². The van der Waals surface area contributed by atoms with Gasteiger partial charge in [-0.05, 0) is 51.2 Å². The Morgan fingerprint density at radius 1 is 1.41 bits per heavy atom. The number of aliphatic hydroxyl groups excluding tert-OH is 1. The maximum absolute atomic E-state index is 9.99. The van der Waals surface area contributed by atoms with Crippen LogP contribution >= 0.6 is 0 Å². The van der Waals surface area contributed by atoms with E-state index in [0.717, 1.165) is 25.5 Å². The molecular weight excluding hydrogens is 278 g/mol. The third kappa shape index (κ3) is 5.56. The van der Waals surface area contributed by atoms with Crippen LogP contribution in [0.5, 0.6) is 0 Å². The number of aliphatic imine (C=N–C) groups is 1. The van der Waals surface area contributed by atoms with E-state index in [9.17, 15) is 5.11 Å². The van der Waals surface area contributed by atoms with E-state index in [-0.39, 0.29) is 6.54 Å². The Bertz CT molecular complexity index is 480. The minimum absolute atomic E-state index is 0.283. The van der Waals surface area contributed by atoms with Gasteiger partial charge in [-0.2, -0.15) is 0 Å². The molecule has 0 spiro atoms. The van der Waals surface area contributed by atoms with Crippen LogP contribution in [0, 0.1) is 0 Å². The van der Waals surface area contributed by atoms with Crippen molar-refractivity contribution in [2.24, 2.45) is 4.99 Å². The first-order valence-electron chi connectivity index (χ1n) is 8.21. The maximum Gasteiger partial charge on any atom is 0.191 e. The molecule has 0 fully saturated rings. The smallest absolute Gasteiger partial charge is 0.191 e. The summed E-state index contributed by atoms with van der Waals surface area (Å²) in [6.45, 7) is 3.98. The molecule has 0 saturated carbocycles. The van der Waals surface area contributed by atoms with Gasteiger partial charge in [0.05, 0.1) is 12.8 Å². The van der Waals surface area contributed by atoms with Gasteiger partial charge in [0.15, 0.2) is 5.96 Å². The highest BCUT2D eigenvalue weighted by Crippen LogP contribution is 2.19. The van der Waals surface area contributed by atoms with Gasteiger partial charge in [-0.25, -0.2) is 0 Å². The van der Waals surface area contributed by atoms with Crippen LogP contribution in [0.15, 0.2) is 39.5 Å². The highest BCUT2D eigenvalue weighted by Gasteiger charge is 2.10. The molecule has 0 amide bonds. The zero-order chi connectivity index (χ0) is 15.6. The molecule has 1 aliphatic carbocycles. The second-order valence-electron chi connectivity index (χ2n) is 5.54. The van der Waals surface area contributed by atoms with Crippen LogP contribution in [0.25, 0.3) is 0 Å². The van der Waals surface area contributed by atoms with E-state index >= 15 is 0 Å². The molecule has 3 N–H and O–H groups in total. The zero-order valence-electron chi connectivity index (χ0n) is 13.3. The lowest BCUT2D eigenvalue weighted by molar-refractivity contribution is 0.158. The normalized spacial score (nSPS) is 17.0. The van der Waals surface area contributed by atoms with Gasteiger partial charge in [0.1, 0.15) is 11.9 Å². The Balaban J connectivity index is 1.78. The van der Waals surface area contributed by atoms with Crippen LogP contribution in [0.3, 0.4) is 0 Å². The zero-order valence-corrected chi connectivity index (χ0v) is 13.3. The van der Waals surface area contributed by atoms with Crippen molar-refractivity contribution in [2.45, 2.75) is 45.1 Å². The molecule has 122 valence electrons. The van der Waals surface area contributed by atoms with Crippen LogP contribution in [0.1, 0.15) is 50.9 Å². The summed E-state index contributed by atoms with van der Waals surface area (Å²) < 4.78 is 5.18. The average molecular weight is 305 g/mol. The first-order valence-corrected chi connectivity index (χ1v) is 8.21. The quantitative estimate of drug-likeness (QED) is 0.411. The topological polar surface area (TPSA) is 69.8 Å². The van der Waals surface area contributed by atoms with E-state index in [0.29, 0.717) is 5.76 Å². The van der Waals surface area contributed by atoms with E-state index in [4.69, 9.17) is 4.42 Å². The van der Waals surface area contributed by atoms with Crippen molar-refractivity contribution >= 4 is 5.96 Å². The van der Waals surface area contributed by atoms with Crippen LogP contribution in [-0.2, 0) is 0 Å². The number of allylic oxidation sites excluding steroid dienone is 1. The van der Waals surface area contributed by atoms with E-state index in [1.807, 2.05) is 6.92 Å². The fourth-order valence-electron chi connectivity index (χ4n) is 2.56. The Morgan fingerprint density at radius 2 is 2.32 bits per heavy atom. The van der Waals surface area contributed by atoms with Crippen molar-refractivity contribution in [3.8, 4) is 0 Å². The molecule has 0 aromatic carbocycles. The van der Waals surface area contributed by atoms with E-state index in [1.54, 1.807) is 24.0 Å². The summed E-state index contributed by atoms with van der Waals surface area (Å²) in [5, 5.41) is 16.5. The number of furan rings is 1. The molecule has 1 unspecified atom stereocenters. The standard InChI is InChI=1S/C17H27N3O2/c1-2-18-17(19-11-10-14-7-4-3-5-8-14)20-13-15(21)16-9-6-12-22-16/h6-7,9,12,15,21H,2-5,8,10-11,13H2,1H3,(H2,18,19,20). The molecule has 1 heterocycles. The number of nitrogens with zero attached hydrogens (tertiary/aromatic N) is 1. The fourth-order valence-corrected chi connectivity index (χ4v) is 2.56. The molecule has 5 heteroatoms. The Kier molecular flexibility index (Phi) is 7.03. The van der Waals surface area contributed by atoms with Crippen LogP contribution in [0.2, 0.25) is 0 Å². The lowest BCUT2D eigenvalue weighted by atomic mass is 9.97. The van der Waals surface area contributed by atoms with Crippen molar-refractivity contribution in [3.63, 3.8) is 0 Å². The molecule has 1 aromatic rings. The molecule has 2 rings (SSSR count). The minimum atomic E-state index is -0.702. The average Bonchev–Trinajstić information content (AvgIpc) is 3.08. The predicted molar refractivity (Wildman–Crippen MR) is 88.8 cm³/mol. The lowest BCUT2D eigenvalue weighted by Gasteiger charge is -2.15. The summed E-state index contributed by atoms with van der Waals surface area (Å²) in [6, 6.07) is 3.53. The summed E-state index contributed by atoms with van der Waals surface area (Å²) in [5.41, 5.74) is 1.55. The third-order valence-electron chi connectivity index (χ3n) is 3.76. The molecule has 0 aliphatic heterocycles. The lowest BCUT2D eigenvalue weighted by Crippen LogP contribution is -2.38. The first-order chi connectivity index (χ1) is 10.8. The number of hydrogen-bond donors (Lipinski definition) is 3. The molecule has 5 nitrogen and oxygen atoms in total. The Morgan fingerprint density at radius 3 is 3.00 bits per heavy atom. The van der Waals surface area contributed by atoms with Gasteiger partial charge in [-0.1, -0.05) is 11.6 Å². The van der Waals surface area contributed by atoms with Crippen LogP contribution < -0.4 is 10.6 Å². The van der Waals surface area contributed by atoms with Gasteiger partial charge in [0.25, 0.3) is 0 Å². The minimum Gasteiger partial charge on any atom is -0.467 e. The first kappa shape index (κ1) is 16.6. The molecule has 1 aliphatic rings. The number of nitrogens with one attached hydrogen (secondary N) is 2. The van der Waals surface area contributed by atoms with Gasteiger partial charge < -0.3 is 20.2 Å². The van der Waals surface area contributed by atoms with Gasteiger partial charge in [-0.15, -0.1) is 0 Å². The second-order valence-corrected chi connectivity index (χ2v) is 5.54. The van der Waals surface area contributed by atoms with Crippen molar-refractivity contribution in [1.82, 2.24) is 10.6 Å². The largest absolute Gasteiger partial charge is 0.467 e. The number of guanidine groups is 1. The number of rotatable bonds is 7. The van der Waals surface area contributed by atoms with Gasteiger partial charge in [0.2, 0.25) is 0 Å². The molecule has 0 bridgehead atoms. The molecule has 0 radical (unpaired) electrons. The molecular formula is C17H27N3O2. The predicted octanol–water partition coefficient (Wildman–Crippen LogP) is 2.76. The van der Waals surface area contributed by atoms with Crippen molar-refractivity contribution < 1.29 is 9.52 Å². The Labute approximate surface area is 132 Å². The Hall–Kier alpha value is -1.75. The molecule has 1 aromatic heterocycles. The third-order valence-corrected chi connectivity index (χ3v) is 3.76. The molecule has 22 heavy (non-hydrogen) atoms. The maximum atomic E-state index is 9.99. The van der Waals surface area contributed by atoms with Gasteiger partial charge in [0, 0.05) is 13.1 Å². The summed E-state index contributed by atoms with van der Waals surface area (Å²) in [5.74, 6) is 1.29. The molecule has 0 saturated heterocycles. The SMILES string of the molecule is CCNC(=NCC(O)c1ccco1)NCCC1=CCCCC1. The highest BCUT2D eigenvalue weighted by atomic mass is 16.4. The summed E-state index contributed by atoms with van der Waals surface area (Å²) >= 11 is 0. The van der Waals surface area contributed by atoms with Gasteiger partial charge in [-0.3, -0.25) is 4.99 Å². The van der Waals surface area contributed by atoms with E-state index < -0.39 is 6.10 Å². The number of hydrogen-bond acceptors (Lipinski definition) is 3. The van der Waals surface area contributed by atoms with Gasteiger partial charge >= 0.3 is 0 Å². The summed E-state index contributed by atoms with van der Waals surface area (Å²) in [7, 11) is 0. The summed E-state index contributed by atoms with van der Waals surface area (Å²) in [6.07, 6.45) is 9.38. The summed E-state index contributed by atoms with van der Waals surface area (Å²) in [4.78, 5) is 4.42. The monoisotopic (exact) mass is 305 g/mol. The van der Waals surface area contributed by atoms with Crippen molar-refractivity contribution in [1.29, 1.82) is 0 Å². The van der Waals surface area contributed by atoms with E-state index in [2.05, 4.69) is 21.7 Å². The van der Waals surface area contributed by atoms with Crippen molar-refractivity contribution in [3.05, 3.63) is 35.8 Å². The highest BCUT2D eigenvalue weighted by molar-refractivity contribution is 5.79. The van der Waals surface area contributed by atoms with Crippen LogP contribution in [0.4, 0.5) is 0 Å².